The minimum Gasteiger partial charge on any atom is -0.396 e. The highest BCUT2D eigenvalue weighted by atomic mass is 79.9. The van der Waals surface area contributed by atoms with Crippen molar-refractivity contribution in [3.8, 4) is 0 Å². The lowest BCUT2D eigenvalue weighted by molar-refractivity contribution is 0.299. The Kier molecular flexibility index (Phi) is 3.29. The van der Waals surface area contributed by atoms with Crippen LogP contribution in [0.5, 0.6) is 0 Å². The lowest BCUT2D eigenvalue weighted by Gasteiger charge is -2.07. The van der Waals surface area contributed by atoms with E-state index in [0.717, 1.165) is 10.9 Å². The lowest BCUT2D eigenvalue weighted by Crippen LogP contribution is -1.95. The van der Waals surface area contributed by atoms with E-state index >= 15 is 0 Å². The molecule has 0 atom stereocenters. The zero-order valence-electron chi connectivity index (χ0n) is 7.39. The number of halogens is 1. The number of aliphatic hydroxyl groups excluding tert-OH is 1. The molecule has 2 heteroatoms. The number of hydrogen-bond acceptors (Lipinski definition) is 1. The zero-order chi connectivity index (χ0) is 9.14. The van der Waals surface area contributed by atoms with Crippen LogP contribution < -0.4 is 0 Å². The second-order valence-corrected chi connectivity index (χ2v) is 3.86. The van der Waals surface area contributed by atoms with Gasteiger partial charge in [-0.25, -0.2) is 0 Å². The number of aliphatic hydroxyl groups is 1. The Morgan fingerprint density at radius 1 is 1.33 bits per heavy atom. The van der Waals surface area contributed by atoms with Crippen molar-refractivity contribution in [3.05, 3.63) is 33.3 Å². The SMILES string of the molecule is Cc1cc(Br)c(C)c(CCO)c1. The van der Waals surface area contributed by atoms with Gasteiger partial charge in [-0.2, -0.15) is 0 Å². The number of benzene rings is 1. The van der Waals surface area contributed by atoms with Crippen LogP contribution >= 0.6 is 15.9 Å². The van der Waals surface area contributed by atoms with Crippen molar-refractivity contribution in [2.24, 2.45) is 0 Å². The standard InChI is InChI=1S/C10H13BrO/c1-7-5-9(3-4-12)8(2)10(11)6-7/h5-6,12H,3-4H2,1-2H3. The molecule has 0 fully saturated rings. The monoisotopic (exact) mass is 228 g/mol. The molecule has 0 heterocycles. The minimum atomic E-state index is 0.219. The molecule has 1 nitrogen and oxygen atoms in total. The first-order valence-electron chi connectivity index (χ1n) is 4.01. The van der Waals surface area contributed by atoms with E-state index in [0.29, 0.717) is 0 Å². The number of rotatable bonds is 2. The molecule has 1 aromatic carbocycles. The molecule has 0 saturated heterocycles. The summed E-state index contributed by atoms with van der Waals surface area (Å²) in [6.07, 6.45) is 0.742. The highest BCUT2D eigenvalue weighted by Gasteiger charge is 2.02. The Hall–Kier alpha value is -0.340. The normalized spacial score (nSPS) is 10.3. The second kappa shape index (κ2) is 4.06. The van der Waals surface area contributed by atoms with Crippen LogP contribution in [0.2, 0.25) is 0 Å². The van der Waals surface area contributed by atoms with Crippen LogP contribution in [0.4, 0.5) is 0 Å². The highest BCUT2D eigenvalue weighted by Crippen LogP contribution is 2.22. The largest absolute Gasteiger partial charge is 0.396 e. The van der Waals surface area contributed by atoms with Gasteiger partial charge in [0, 0.05) is 11.1 Å². The number of aryl methyl sites for hydroxylation is 1. The van der Waals surface area contributed by atoms with Gasteiger partial charge in [-0.15, -0.1) is 0 Å². The minimum absolute atomic E-state index is 0.219. The number of hydrogen-bond donors (Lipinski definition) is 1. The Balaban J connectivity index is 3.09. The van der Waals surface area contributed by atoms with Gasteiger partial charge < -0.3 is 5.11 Å². The van der Waals surface area contributed by atoms with Crippen molar-refractivity contribution in [1.29, 1.82) is 0 Å². The van der Waals surface area contributed by atoms with Gasteiger partial charge in [0.15, 0.2) is 0 Å². The van der Waals surface area contributed by atoms with E-state index in [4.69, 9.17) is 5.11 Å². The highest BCUT2D eigenvalue weighted by molar-refractivity contribution is 9.10. The average Bonchev–Trinajstić information content (AvgIpc) is 2.00. The maximum absolute atomic E-state index is 8.81. The summed E-state index contributed by atoms with van der Waals surface area (Å²) in [6.45, 7) is 4.34. The Bertz CT molecular complexity index is 281. The molecule has 0 aliphatic rings. The van der Waals surface area contributed by atoms with Crippen molar-refractivity contribution in [1.82, 2.24) is 0 Å². The molecule has 12 heavy (non-hydrogen) atoms. The molecular formula is C10H13BrO. The van der Waals surface area contributed by atoms with Crippen LogP contribution in [0.3, 0.4) is 0 Å². The van der Waals surface area contributed by atoms with Gasteiger partial charge in [-0.05, 0) is 43.0 Å². The van der Waals surface area contributed by atoms with E-state index < -0.39 is 0 Å². The van der Waals surface area contributed by atoms with E-state index in [2.05, 4.69) is 41.9 Å². The summed E-state index contributed by atoms with van der Waals surface area (Å²) in [4.78, 5) is 0. The summed E-state index contributed by atoms with van der Waals surface area (Å²) >= 11 is 3.49. The fourth-order valence-electron chi connectivity index (χ4n) is 1.27. The predicted octanol–water partition coefficient (Wildman–Crippen LogP) is 2.60. The van der Waals surface area contributed by atoms with Gasteiger partial charge in [0.2, 0.25) is 0 Å². The maximum Gasteiger partial charge on any atom is 0.0471 e. The summed E-state index contributed by atoms with van der Waals surface area (Å²) in [7, 11) is 0. The molecule has 0 radical (unpaired) electrons. The van der Waals surface area contributed by atoms with Crippen LogP contribution in [-0.2, 0) is 6.42 Å². The molecule has 0 amide bonds. The fraction of sp³-hybridized carbons (Fsp3) is 0.400. The quantitative estimate of drug-likeness (QED) is 0.826. The van der Waals surface area contributed by atoms with Crippen LogP contribution in [-0.4, -0.2) is 11.7 Å². The third-order valence-corrected chi connectivity index (χ3v) is 2.80. The third kappa shape index (κ3) is 2.08. The van der Waals surface area contributed by atoms with Crippen molar-refractivity contribution in [3.63, 3.8) is 0 Å². The third-order valence-electron chi connectivity index (χ3n) is 1.98. The van der Waals surface area contributed by atoms with Gasteiger partial charge in [0.25, 0.3) is 0 Å². The molecule has 1 N–H and O–H groups in total. The molecule has 0 unspecified atom stereocenters. The first kappa shape index (κ1) is 9.75. The second-order valence-electron chi connectivity index (χ2n) is 3.00. The molecule has 0 aliphatic carbocycles. The predicted molar refractivity (Wildman–Crippen MR) is 54.4 cm³/mol. The van der Waals surface area contributed by atoms with Crippen molar-refractivity contribution in [2.75, 3.05) is 6.61 Å². The van der Waals surface area contributed by atoms with Crippen LogP contribution in [0, 0.1) is 13.8 Å². The fourth-order valence-corrected chi connectivity index (χ4v) is 1.88. The van der Waals surface area contributed by atoms with Gasteiger partial charge in [0.05, 0.1) is 0 Å². The summed E-state index contributed by atoms with van der Waals surface area (Å²) in [5, 5.41) is 8.81. The Morgan fingerprint density at radius 3 is 2.58 bits per heavy atom. The van der Waals surface area contributed by atoms with E-state index in [1.165, 1.54) is 16.7 Å². The van der Waals surface area contributed by atoms with Crippen molar-refractivity contribution in [2.45, 2.75) is 20.3 Å². The van der Waals surface area contributed by atoms with Gasteiger partial charge >= 0.3 is 0 Å². The molecule has 0 saturated carbocycles. The Labute approximate surface area is 81.6 Å². The van der Waals surface area contributed by atoms with E-state index in [1.54, 1.807) is 0 Å². The summed E-state index contributed by atoms with van der Waals surface area (Å²) in [5.41, 5.74) is 3.69. The van der Waals surface area contributed by atoms with Crippen LogP contribution in [0.1, 0.15) is 16.7 Å². The van der Waals surface area contributed by atoms with Crippen LogP contribution in [0.15, 0.2) is 16.6 Å². The molecular weight excluding hydrogens is 216 g/mol. The first-order valence-corrected chi connectivity index (χ1v) is 4.81. The van der Waals surface area contributed by atoms with Crippen LogP contribution in [0.25, 0.3) is 0 Å². The summed E-state index contributed by atoms with van der Waals surface area (Å²) in [6, 6.07) is 4.21. The topological polar surface area (TPSA) is 20.2 Å². The van der Waals surface area contributed by atoms with Crippen molar-refractivity contribution < 1.29 is 5.11 Å². The van der Waals surface area contributed by atoms with Gasteiger partial charge in [0.1, 0.15) is 0 Å². The lowest BCUT2D eigenvalue weighted by atomic mass is 10.0. The smallest absolute Gasteiger partial charge is 0.0471 e. The Morgan fingerprint density at radius 2 is 2.00 bits per heavy atom. The van der Waals surface area contributed by atoms with E-state index in [1.807, 2.05) is 0 Å². The molecule has 0 spiro atoms. The van der Waals surface area contributed by atoms with Gasteiger partial charge in [-0.3, -0.25) is 0 Å². The van der Waals surface area contributed by atoms with Crippen molar-refractivity contribution >= 4 is 15.9 Å². The maximum atomic E-state index is 8.81. The van der Waals surface area contributed by atoms with E-state index in [9.17, 15) is 0 Å². The molecule has 66 valence electrons. The molecule has 0 aliphatic heterocycles. The van der Waals surface area contributed by atoms with Gasteiger partial charge in [-0.1, -0.05) is 22.0 Å². The molecule has 1 rings (SSSR count). The zero-order valence-corrected chi connectivity index (χ0v) is 8.98. The molecule has 1 aromatic rings. The summed E-state index contributed by atoms with van der Waals surface area (Å²) in [5.74, 6) is 0. The first-order chi connectivity index (χ1) is 5.65. The molecule has 0 aromatic heterocycles. The molecule has 0 bridgehead atoms. The average molecular weight is 229 g/mol. The summed E-state index contributed by atoms with van der Waals surface area (Å²) < 4.78 is 1.13. The van der Waals surface area contributed by atoms with E-state index in [-0.39, 0.29) is 6.61 Å².